The lowest BCUT2D eigenvalue weighted by molar-refractivity contribution is 0.0985. The average molecular weight is 508 g/mol. The number of aryl methyl sites for hydroxylation is 2. The quantitative estimate of drug-likeness (QED) is 0.351. The van der Waals surface area contributed by atoms with Crippen molar-refractivity contribution >= 4 is 22.6 Å². The summed E-state index contributed by atoms with van der Waals surface area (Å²) in [7, 11) is 1.63. The molecule has 0 bridgehead atoms. The molecule has 0 radical (unpaired) electrons. The summed E-state index contributed by atoms with van der Waals surface area (Å²) in [5, 5.41) is 8.38. The van der Waals surface area contributed by atoms with E-state index in [4.69, 9.17) is 9.47 Å². The van der Waals surface area contributed by atoms with Crippen LogP contribution in [-0.2, 0) is 6.54 Å². The molecule has 1 amide bonds. The Morgan fingerprint density at radius 1 is 1.00 bits per heavy atom. The van der Waals surface area contributed by atoms with Gasteiger partial charge in [0.2, 0.25) is 11.6 Å². The van der Waals surface area contributed by atoms with E-state index in [1.54, 1.807) is 22.9 Å². The minimum atomic E-state index is -0.252. The van der Waals surface area contributed by atoms with Crippen molar-refractivity contribution in [1.29, 1.82) is 0 Å². The van der Waals surface area contributed by atoms with Crippen LogP contribution in [0.5, 0.6) is 11.6 Å². The molecule has 3 aromatic heterocycles. The van der Waals surface area contributed by atoms with Crippen LogP contribution in [0.4, 0.5) is 5.69 Å². The normalized spacial score (nSPS) is 13.2. The third-order valence-corrected chi connectivity index (χ3v) is 6.51. The van der Waals surface area contributed by atoms with Crippen LogP contribution in [0.25, 0.3) is 22.4 Å². The number of fused-ring (bicyclic) bond motifs is 2. The summed E-state index contributed by atoms with van der Waals surface area (Å²) < 4.78 is 12.8. The molecular weight excluding hydrogens is 482 g/mol. The molecule has 0 fully saturated rings. The zero-order chi connectivity index (χ0) is 26.2. The second-order valence-corrected chi connectivity index (χ2v) is 9.11. The zero-order valence-corrected chi connectivity index (χ0v) is 21.3. The number of aromatic nitrogens is 6. The van der Waals surface area contributed by atoms with Crippen LogP contribution in [0.3, 0.4) is 0 Å². The van der Waals surface area contributed by atoms with Crippen LogP contribution < -0.4 is 14.4 Å². The number of pyridine rings is 1. The first-order valence-electron chi connectivity index (χ1n) is 12.2. The van der Waals surface area contributed by atoms with Crippen LogP contribution in [0.1, 0.15) is 27.3 Å². The van der Waals surface area contributed by atoms with E-state index in [0.717, 1.165) is 44.9 Å². The molecular formula is C28H25N7O3. The molecule has 5 aromatic rings. The lowest BCUT2D eigenvalue weighted by Gasteiger charge is -2.21. The van der Waals surface area contributed by atoms with E-state index in [9.17, 15) is 4.79 Å². The molecule has 38 heavy (non-hydrogen) atoms. The summed E-state index contributed by atoms with van der Waals surface area (Å²) in [4.78, 5) is 28.9. The average Bonchev–Trinajstić information content (AvgIpc) is 3.25. The fraction of sp³-hybridized carbons (Fsp3) is 0.214. The zero-order valence-electron chi connectivity index (χ0n) is 21.3. The Hall–Kier alpha value is -4.86. The van der Waals surface area contributed by atoms with Crippen LogP contribution in [0.2, 0.25) is 0 Å². The summed E-state index contributed by atoms with van der Waals surface area (Å²) in [5.41, 5.74) is 6.20. The molecule has 0 spiro atoms. The van der Waals surface area contributed by atoms with Gasteiger partial charge in [0.25, 0.3) is 5.91 Å². The molecule has 0 saturated carbocycles. The molecule has 6 rings (SSSR count). The van der Waals surface area contributed by atoms with Crippen molar-refractivity contribution in [2.45, 2.75) is 20.4 Å². The third-order valence-electron chi connectivity index (χ3n) is 6.51. The maximum Gasteiger partial charge on any atom is 0.284 e. The Labute approximate surface area is 218 Å². The molecule has 10 nitrogen and oxygen atoms in total. The minimum absolute atomic E-state index is 0.195. The molecule has 4 heterocycles. The van der Waals surface area contributed by atoms with E-state index in [0.29, 0.717) is 31.4 Å². The molecule has 2 aromatic carbocycles. The largest absolute Gasteiger partial charge is 0.497 e. The number of carbonyl (C=O) groups is 1. The highest BCUT2D eigenvalue weighted by atomic mass is 16.5. The standard InChI is InChI=1S/C28H25N7O3/c1-17-14-20(26-29-15-23-22(31-26)10-4-18(2)30-23)7-11-24(17)34-12-13-38-28-25(27(34)36)32-33-35(28)16-19-5-8-21(37-3)9-6-19/h4-11,14-15H,12-13,16H2,1-3H3. The van der Waals surface area contributed by atoms with E-state index in [-0.39, 0.29) is 11.6 Å². The molecule has 10 heteroatoms. The van der Waals surface area contributed by atoms with Gasteiger partial charge >= 0.3 is 0 Å². The lowest BCUT2D eigenvalue weighted by Crippen LogP contribution is -2.33. The number of rotatable bonds is 5. The Balaban J connectivity index is 1.26. The first-order valence-corrected chi connectivity index (χ1v) is 12.2. The van der Waals surface area contributed by atoms with E-state index < -0.39 is 0 Å². The number of benzene rings is 2. The number of anilines is 1. The lowest BCUT2D eigenvalue weighted by atomic mass is 10.1. The Morgan fingerprint density at radius 2 is 1.84 bits per heavy atom. The SMILES string of the molecule is COc1ccc(Cn2nnc3c2OCCN(c2ccc(-c4ncc5nc(C)ccc5n4)cc2C)C3=O)cc1. The van der Waals surface area contributed by atoms with Crippen LogP contribution in [-0.4, -0.2) is 56.1 Å². The molecule has 1 aliphatic heterocycles. The second-order valence-electron chi connectivity index (χ2n) is 9.11. The first kappa shape index (κ1) is 23.5. The van der Waals surface area contributed by atoms with Crippen molar-refractivity contribution in [3.8, 4) is 23.0 Å². The molecule has 190 valence electrons. The molecule has 0 saturated heterocycles. The van der Waals surface area contributed by atoms with Crippen molar-refractivity contribution in [3.63, 3.8) is 0 Å². The summed E-state index contributed by atoms with van der Waals surface area (Å²) in [5.74, 6) is 1.50. The van der Waals surface area contributed by atoms with Crippen LogP contribution >= 0.6 is 0 Å². The fourth-order valence-electron chi connectivity index (χ4n) is 4.54. The van der Waals surface area contributed by atoms with Gasteiger partial charge in [-0.3, -0.25) is 4.79 Å². The van der Waals surface area contributed by atoms with Gasteiger partial charge in [-0.05, 0) is 67.4 Å². The number of nitrogens with zero attached hydrogens (tertiary/aromatic N) is 7. The van der Waals surface area contributed by atoms with E-state index in [1.165, 1.54) is 0 Å². The van der Waals surface area contributed by atoms with Crippen molar-refractivity contribution in [2.24, 2.45) is 0 Å². The monoisotopic (exact) mass is 507 g/mol. The minimum Gasteiger partial charge on any atom is -0.497 e. The fourth-order valence-corrected chi connectivity index (χ4v) is 4.54. The smallest absolute Gasteiger partial charge is 0.284 e. The topological polar surface area (TPSA) is 108 Å². The highest BCUT2D eigenvalue weighted by Crippen LogP contribution is 2.30. The maximum absolute atomic E-state index is 13.5. The van der Waals surface area contributed by atoms with Crippen molar-refractivity contribution in [3.05, 3.63) is 83.3 Å². The van der Waals surface area contributed by atoms with Gasteiger partial charge in [-0.1, -0.05) is 17.3 Å². The van der Waals surface area contributed by atoms with Gasteiger partial charge in [-0.25, -0.2) is 19.6 Å². The number of amides is 1. The second kappa shape index (κ2) is 9.55. The molecule has 0 atom stereocenters. The number of methoxy groups -OCH3 is 1. The van der Waals surface area contributed by atoms with E-state index in [1.807, 2.05) is 68.4 Å². The van der Waals surface area contributed by atoms with Gasteiger partial charge in [0.1, 0.15) is 17.9 Å². The number of carbonyl (C=O) groups excluding carboxylic acids is 1. The number of hydrogen-bond donors (Lipinski definition) is 0. The molecule has 0 aliphatic carbocycles. The molecule has 0 N–H and O–H groups in total. The summed E-state index contributed by atoms with van der Waals surface area (Å²) in [6.07, 6.45) is 1.74. The van der Waals surface area contributed by atoms with Crippen molar-refractivity contribution in [2.75, 3.05) is 25.2 Å². The van der Waals surface area contributed by atoms with Gasteiger partial charge in [-0.2, -0.15) is 0 Å². The summed E-state index contributed by atoms with van der Waals surface area (Å²) in [6, 6.07) is 17.3. The Bertz CT molecular complexity index is 1660. The number of hydrogen-bond acceptors (Lipinski definition) is 8. The number of ether oxygens (including phenoxy) is 2. The van der Waals surface area contributed by atoms with Crippen molar-refractivity contribution < 1.29 is 14.3 Å². The van der Waals surface area contributed by atoms with E-state index >= 15 is 0 Å². The van der Waals surface area contributed by atoms with Gasteiger partial charge in [0.05, 0.1) is 31.9 Å². The third kappa shape index (κ3) is 4.30. The van der Waals surface area contributed by atoms with Crippen LogP contribution in [0, 0.1) is 13.8 Å². The maximum atomic E-state index is 13.5. The van der Waals surface area contributed by atoms with E-state index in [2.05, 4.69) is 25.3 Å². The summed E-state index contributed by atoms with van der Waals surface area (Å²) in [6.45, 7) is 5.03. The Morgan fingerprint density at radius 3 is 2.63 bits per heavy atom. The molecule has 1 aliphatic rings. The highest BCUT2D eigenvalue weighted by Gasteiger charge is 2.31. The predicted octanol–water partition coefficient (Wildman–Crippen LogP) is 4.00. The predicted molar refractivity (Wildman–Crippen MR) is 142 cm³/mol. The van der Waals surface area contributed by atoms with Crippen LogP contribution in [0.15, 0.2) is 60.8 Å². The Kier molecular flexibility index (Phi) is 5.91. The van der Waals surface area contributed by atoms with Gasteiger partial charge in [0, 0.05) is 16.9 Å². The van der Waals surface area contributed by atoms with Gasteiger partial charge in [-0.15, -0.1) is 5.10 Å². The summed E-state index contributed by atoms with van der Waals surface area (Å²) >= 11 is 0. The van der Waals surface area contributed by atoms with Gasteiger partial charge in [0.15, 0.2) is 5.82 Å². The highest BCUT2D eigenvalue weighted by molar-refractivity contribution is 6.07. The van der Waals surface area contributed by atoms with Gasteiger partial charge < -0.3 is 14.4 Å². The van der Waals surface area contributed by atoms with Crippen molar-refractivity contribution in [1.82, 2.24) is 29.9 Å². The molecule has 0 unspecified atom stereocenters. The first-order chi connectivity index (χ1) is 18.5.